The Morgan fingerprint density at radius 3 is 2.50 bits per heavy atom. The second-order valence-corrected chi connectivity index (χ2v) is 3.99. The van der Waals surface area contributed by atoms with Gasteiger partial charge in [0.05, 0.1) is 6.54 Å². The lowest BCUT2D eigenvalue weighted by molar-refractivity contribution is -0.155. The molecule has 0 unspecified atom stereocenters. The lowest BCUT2D eigenvalue weighted by Gasteiger charge is -2.18. The Kier molecular flexibility index (Phi) is 4.67. The highest BCUT2D eigenvalue weighted by Gasteiger charge is 2.30. The van der Waals surface area contributed by atoms with Gasteiger partial charge in [-0.15, -0.1) is 0 Å². The third kappa shape index (κ3) is 4.42. The van der Waals surface area contributed by atoms with Gasteiger partial charge >= 0.3 is 12.1 Å². The summed E-state index contributed by atoms with van der Waals surface area (Å²) in [6, 6.07) is 9.05. The number of aliphatic carboxylic acids is 1. The van der Waals surface area contributed by atoms with Crippen molar-refractivity contribution in [3.8, 4) is 0 Å². The van der Waals surface area contributed by atoms with Crippen LogP contribution >= 0.6 is 0 Å². The van der Waals surface area contributed by atoms with Gasteiger partial charge in [0, 0.05) is 0 Å². The lowest BCUT2D eigenvalue weighted by Crippen LogP contribution is -2.46. The molecule has 0 aliphatic carbocycles. The van der Waals surface area contributed by atoms with Crippen LogP contribution in [0, 0.1) is 0 Å². The standard InChI is InChI=1S/C12H15NO5/c1-12(17,10(14)15)8-13-11(16)18-7-9-5-3-2-4-6-9/h2-6,17H,7-8H2,1H3,(H,13,16)(H,14,15)/t12-/m1/s1. The number of carboxylic acids is 1. The minimum absolute atomic E-state index is 0.0852. The summed E-state index contributed by atoms with van der Waals surface area (Å²) in [5.41, 5.74) is -1.19. The van der Waals surface area contributed by atoms with Crippen molar-refractivity contribution in [2.45, 2.75) is 19.1 Å². The highest BCUT2D eigenvalue weighted by molar-refractivity contribution is 5.78. The first-order valence-electron chi connectivity index (χ1n) is 5.32. The van der Waals surface area contributed by atoms with Gasteiger partial charge in [0.1, 0.15) is 6.61 Å². The summed E-state index contributed by atoms with van der Waals surface area (Å²) in [6.07, 6.45) is -0.777. The van der Waals surface area contributed by atoms with Gasteiger partial charge in [-0.25, -0.2) is 9.59 Å². The number of ether oxygens (including phenoxy) is 1. The number of carbonyl (C=O) groups excluding carboxylic acids is 1. The van der Waals surface area contributed by atoms with Crippen molar-refractivity contribution in [3.63, 3.8) is 0 Å². The smallest absolute Gasteiger partial charge is 0.407 e. The molecule has 0 spiro atoms. The first kappa shape index (κ1) is 14.0. The van der Waals surface area contributed by atoms with Crippen molar-refractivity contribution < 1.29 is 24.5 Å². The first-order chi connectivity index (χ1) is 8.42. The quantitative estimate of drug-likeness (QED) is 0.719. The van der Waals surface area contributed by atoms with E-state index in [2.05, 4.69) is 5.32 Å². The molecule has 6 nitrogen and oxygen atoms in total. The van der Waals surface area contributed by atoms with Crippen molar-refractivity contribution in [2.24, 2.45) is 0 Å². The molecule has 0 fully saturated rings. The van der Waals surface area contributed by atoms with Crippen molar-refractivity contribution in [3.05, 3.63) is 35.9 Å². The summed E-state index contributed by atoms with van der Waals surface area (Å²) in [4.78, 5) is 21.8. The summed E-state index contributed by atoms with van der Waals surface area (Å²) in [5, 5.41) is 20.2. The van der Waals surface area contributed by atoms with E-state index < -0.39 is 24.2 Å². The van der Waals surface area contributed by atoms with Gasteiger partial charge in [-0.3, -0.25) is 0 Å². The van der Waals surface area contributed by atoms with E-state index in [0.29, 0.717) is 0 Å². The fourth-order valence-corrected chi connectivity index (χ4v) is 1.09. The highest BCUT2D eigenvalue weighted by Crippen LogP contribution is 2.03. The molecule has 6 heteroatoms. The number of carbonyl (C=O) groups is 2. The SMILES string of the molecule is C[C@@](O)(CNC(=O)OCc1ccccc1)C(=O)O. The number of alkyl carbamates (subject to hydrolysis) is 1. The zero-order chi connectivity index (χ0) is 13.6. The van der Waals surface area contributed by atoms with E-state index in [4.69, 9.17) is 9.84 Å². The predicted molar refractivity (Wildman–Crippen MR) is 62.9 cm³/mol. The number of benzene rings is 1. The third-order valence-corrected chi connectivity index (χ3v) is 2.25. The van der Waals surface area contributed by atoms with Gasteiger partial charge in [-0.1, -0.05) is 30.3 Å². The van der Waals surface area contributed by atoms with Gasteiger partial charge in [-0.2, -0.15) is 0 Å². The van der Waals surface area contributed by atoms with Gasteiger partial charge < -0.3 is 20.3 Å². The molecule has 0 radical (unpaired) electrons. The molecule has 0 bridgehead atoms. The number of carboxylic acid groups (broad SMARTS) is 1. The number of nitrogens with one attached hydrogen (secondary N) is 1. The Hall–Kier alpha value is -2.08. The van der Waals surface area contributed by atoms with E-state index in [1.165, 1.54) is 0 Å². The predicted octanol–water partition coefficient (Wildman–Crippen LogP) is 0.748. The molecule has 0 aromatic heterocycles. The van der Waals surface area contributed by atoms with Crippen molar-refractivity contribution in [2.75, 3.05) is 6.54 Å². The Labute approximate surface area is 104 Å². The monoisotopic (exact) mass is 253 g/mol. The van der Waals surface area contributed by atoms with Crippen LogP contribution in [0.2, 0.25) is 0 Å². The number of hydrogen-bond donors (Lipinski definition) is 3. The largest absolute Gasteiger partial charge is 0.479 e. The Morgan fingerprint density at radius 2 is 1.94 bits per heavy atom. The maximum Gasteiger partial charge on any atom is 0.407 e. The molecule has 0 saturated heterocycles. The van der Waals surface area contributed by atoms with Crippen LogP contribution in [0.3, 0.4) is 0 Å². The minimum Gasteiger partial charge on any atom is -0.479 e. The van der Waals surface area contributed by atoms with Crippen LogP contribution in [0.15, 0.2) is 30.3 Å². The van der Waals surface area contributed by atoms with Crippen molar-refractivity contribution >= 4 is 12.1 Å². The third-order valence-electron chi connectivity index (χ3n) is 2.25. The van der Waals surface area contributed by atoms with E-state index >= 15 is 0 Å². The van der Waals surface area contributed by atoms with E-state index in [1.54, 1.807) is 12.1 Å². The molecule has 18 heavy (non-hydrogen) atoms. The van der Waals surface area contributed by atoms with Crippen LogP contribution in [0.25, 0.3) is 0 Å². The summed E-state index contributed by atoms with van der Waals surface area (Å²) in [7, 11) is 0. The van der Waals surface area contributed by atoms with Crippen LogP contribution in [0.1, 0.15) is 12.5 Å². The molecule has 0 aliphatic heterocycles. The highest BCUT2D eigenvalue weighted by atomic mass is 16.5. The lowest BCUT2D eigenvalue weighted by atomic mass is 10.1. The fraction of sp³-hybridized carbons (Fsp3) is 0.333. The fourth-order valence-electron chi connectivity index (χ4n) is 1.09. The molecule has 1 aromatic carbocycles. The van der Waals surface area contributed by atoms with Crippen LogP contribution < -0.4 is 5.32 Å². The molecule has 98 valence electrons. The first-order valence-corrected chi connectivity index (χ1v) is 5.32. The van der Waals surface area contributed by atoms with Crippen LogP contribution in [-0.2, 0) is 16.1 Å². The van der Waals surface area contributed by atoms with Gasteiger partial charge in [0.2, 0.25) is 0 Å². The summed E-state index contributed by atoms with van der Waals surface area (Å²) >= 11 is 0. The maximum absolute atomic E-state index is 11.2. The number of hydrogen-bond acceptors (Lipinski definition) is 4. The second-order valence-electron chi connectivity index (χ2n) is 3.99. The van der Waals surface area contributed by atoms with Crippen molar-refractivity contribution in [1.82, 2.24) is 5.32 Å². The molecule has 0 aliphatic rings. The molecule has 1 rings (SSSR count). The second kappa shape index (κ2) is 6.02. The van der Waals surface area contributed by atoms with Crippen LogP contribution in [0.4, 0.5) is 4.79 Å². The zero-order valence-electron chi connectivity index (χ0n) is 9.92. The summed E-state index contributed by atoms with van der Waals surface area (Å²) in [5.74, 6) is -1.41. The van der Waals surface area contributed by atoms with Crippen molar-refractivity contribution in [1.29, 1.82) is 0 Å². The van der Waals surface area contributed by atoms with E-state index in [-0.39, 0.29) is 6.61 Å². The van der Waals surface area contributed by atoms with E-state index in [0.717, 1.165) is 12.5 Å². The normalized spacial score (nSPS) is 13.4. The van der Waals surface area contributed by atoms with E-state index in [1.807, 2.05) is 18.2 Å². The average Bonchev–Trinajstić information content (AvgIpc) is 2.35. The van der Waals surface area contributed by atoms with Crippen LogP contribution in [-0.4, -0.2) is 34.4 Å². The zero-order valence-corrected chi connectivity index (χ0v) is 9.92. The molecule has 3 N–H and O–H groups in total. The molecule has 0 saturated carbocycles. The molecule has 1 atom stereocenters. The summed E-state index contributed by atoms with van der Waals surface area (Å²) < 4.78 is 4.85. The maximum atomic E-state index is 11.2. The summed E-state index contributed by atoms with van der Waals surface area (Å²) in [6.45, 7) is 0.755. The topological polar surface area (TPSA) is 95.9 Å². The van der Waals surface area contributed by atoms with Gasteiger partial charge in [0.15, 0.2) is 5.60 Å². The van der Waals surface area contributed by atoms with Gasteiger partial charge in [0.25, 0.3) is 0 Å². The molecule has 1 amide bonds. The number of amides is 1. The Balaban J connectivity index is 2.33. The Morgan fingerprint density at radius 1 is 1.33 bits per heavy atom. The average molecular weight is 253 g/mol. The molecular weight excluding hydrogens is 238 g/mol. The van der Waals surface area contributed by atoms with Crippen LogP contribution in [0.5, 0.6) is 0 Å². The minimum atomic E-state index is -2.01. The molecular formula is C12H15NO5. The number of aliphatic hydroxyl groups is 1. The number of rotatable bonds is 5. The van der Waals surface area contributed by atoms with Gasteiger partial charge in [-0.05, 0) is 12.5 Å². The molecule has 1 aromatic rings. The molecule has 0 heterocycles. The Bertz CT molecular complexity index is 416. The van der Waals surface area contributed by atoms with E-state index in [9.17, 15) is 14.7 Å².